The summed E-state index contributed by atoms with van der Waals surface area (Å²) in [5.41, 5.74) is 1.43. The number of pyridine rings is 1. The lowest BCUT2D eigenvalue weighted by Crippen LogP contribution is -2.23. The van der Waals surface area contributed by atoms with E-state index in [-0.39, 0.29) is 17.2 Å². The number of carbonyl (C=O) groups is 2. The van der Waals surface area contributed by atoms with Crippen molar-refractivity contribution in [1.29, 1.82) is 0 Å². The van der Waals surface area contributed by atoms with Crippen LogP contribution in [0.3, 0.4) is 0 Å². The van der Waals surface area contributed by atoms with Gasteiger partial charge in [0.1, 0.15) is 10.3 Å². The molecule has 0 saturated heterocycles. The summed E-state index contributed by atoms with van der Waals surface area (Å²) in [6, 6.07) is 8.01. The van der Waals surface area contributed by atoms with E-state index in [0.29, 0.717) is 31.7 Å². The number of hydrogen-bond acceptors (Lipinski definition) is 4. The minimum atomic E-state index is -0.490. The van der Waals surface area contributed by atoms with Gasteiger partial charge in [0, 0.05) is 24.3 Å². The van der Waals surface area contributed by atoms with Crippen molar-refractivity contribution in [2.45, 2.75) is 20.8 Å². The van der Waals surface area contributed by atoms with Crippen LogP contribution in [0, 0.1) is 6.92 Å². The highest BCUT2D eigenvalue weighted by Gasteiger charge is 2.22. The highest BCUT2D eigenvalue weighted by Crippen LogP contribution is 2.27. The first kappa shape index (κ1) is 23.9. The van der Waals surface area contributed by atoms with Crippen LogP contribution in [0.5, 0.6) is 0 Å². The number of hydrogen-bond donors (Lipinski definition) is 2. The van der Waals surface area contributed by atoms with Crippen LogP contribution in [0.1, 0.15) is 40.3 Å². The number of amides is 2. The molecular weight excluding hydrogens is 493 g/mol. The molecule has 0 aliphatic carbocycles. The zero-order chi connectivity index (χ0) is 22.4. The first-order valence-corrected chi connectivity index (χ1v) is 10.6. The van der Waals surface area contributed by atoms with Gasteiger partial charge in [0.05, 0.1) is 16.3 Å². The lowest BCUT2D eigenvalue weighted by molar-refractivity contribution is 0.0964. The quantitative estimate of drug-likeness (QED) is 0.497. The van der Waals surface area contributed by atoms with Crippen molar-refractivity contribution in [2.75, 3.05) is 12.4 Å². The zero-order valence-corrected chi connectivity index (χ0v) is 19.9. The van der Waals surface area contributed by atoms with E-state index < -0.39 is 5.91 Å². The summed E-state index contributed by atoms with van der Waals surface area (Å²) in [7, 11) is 1.50. The molecule has 2 N–H and O–H groups in total. The largest absolute Gasteiger partial charge is 0.355 e. The van der Waals surface area contributed by atoms with Gasteiger partial charge in [-0.2, -0.15) is 5.10 Å². The molecule has 0 saturated carbocycles. The Morgan fingerprint density at radius 1 is 1.13 bits per heavy atom. The standard InChI is InChI=1S/C18H14BrCl2N5O2.C2H6/c1-9-6-10(20)7-11(17(27)22-2)15(9)24-18(28)13-8-14(19)25-26(13)16-12(21)4-3-5-23-16;1-2/h3-8H,1-2H3,(H,22,27)(H,24,28);1-2H3. The number of nitrogens with one attached hydrogen (secondary N) is 2. The van der Waals surface area contributed by atoms with E-state index in [1.54, 1.807) is 31.3 Å². The molecule has 0 spiro atoms. The Kier molecular flexibility index (Phi) is 8.40. The first-order chi connectivity index (χ1) is 14.3. The van der Waals surface area contributed by atoms with Crippen LogP contribution in [-0.4, -0.2) is 33.6 Å². The van der Waals surface area contributed by atoms with Crippen molar-refractivity contribution >= 4 is 56.6 Å². The fourth-order valence-corrected chi connectivity index (χ4v) is 3.46. The van der Waals surface area contributed by atoms with E-state index >= 15 is 0 Å². The number of nitrogens with zero attached hydrogens (tertiary/aromatic N) is 3. The van der Waals surface area contributed by atoms with Crippen molar-refractivity contribution in [1.82, 2.24) is 20.1 Å². The Morgan fingerprint density at radius 3 is 2.47 bits per heavy atom. The second-order valence-corrected chi connectivity index (χ2v) is 7.41. The summed E-state index contributed by atoms with van der Waals surface area (Å²) in [6.07, 6.45) is 1.55. The molecule has 0 aliphatic rings. The minimum Gasteiger partial charge on any atom is -0.355 e. The number of benzene rings is 1. The molecule has 2 aromatic heterocycles. The number of aryl methyl sites for hydroxylation is 1. The molecule has 3 aromatic rings. The SMILES string of the molecule is CC.CNC(=O)c1cc(Cl)cc(C)c1NC(=O)c1cc(Br)nn1-c1ncccc1Cl. The molecule has 0 unspecified atom stereocenters. The van der Waals surface area contributed by atoms with E-state index in [1.807, 2.05) is 13.8 Å². The molecule has 0 bridgehead atoms. The van der Waals surface area contributed by atoms with Crippen LogP contribution in [-0.2, 0) is 0 Å². The Balaban J connectivity index is 0.00000155. The number of aromatic nitrogens is 3. The Bertz CT molecular complexity index is 1090. The van der Waals surface area contributed by atoms with Crippen molar-refractivity contribution in [3.05, 3.63) is 68.0 Å². The molecule has 0 aliphatic heterocycles. The van der Waals surface area contributed by atoms with Crippen molar-refractivity contribution in [3.63, 3.8) is 0 Å². The molecule has 1 aromatic carbocycles. The third kappa shape index (κ3) is 5.19. The molecule has 0 radical (unpaired) electrons. The third-order valence-electron chi connectivity index (χ3n) is 3.86. The van der Waals surface area contributed by atoms with Crippen LogP contribution in [0.2, 0.25) is 10.0 Å². The van der Waals surface area contributed by atoms with Gasteiger partial charge in [-0.05, 0) is 52.7 Å². The lowest BCUT2D eigenvalue weighted by atomic mass is 10.1. The molecule has 10 heteroatoms. The lowest BCUT2D eigenvalue weighted by Gasteiger charge is -2.14. The third-order valence-corrected chi connectivity index (χ3v) is 4.76. The van der Waals surface area contributed by atoms with Gasteiger partial charge in [0.2, 0.25) is 0 Å². The van der Waals surface area contributed by atoms with Crippen molar-refractivity contribution in [2.24, 2.45) is 0 Å². The smallest absolute Gasteiger partial charge is 0.274 e. The molecule has 2 heterocycles. The number of rotatable bonds is 4. The van der Waals surface area contributed by atoms with E-state index in [9.17, 15) is 9.59 Å². The highest BCUT2D eigenvalue weighted by molar-refractivity contribution is 9.10. The molecule has 2 amide bonds. The summed E-state index contributed by atoms with van der Waals surface area (Å²) < 4.78 is 1.76. The number of halogens is 3. The fraction of sp³-hybridized carbons (Fsp3) is 0.200. The minimum absolute atomic E-state index is 0.185. The Morgan fingerprint density at radius 2 is 1.83 bits per heavy atom. The highest BCUT2D eigenvalue weighted by atomic mass is 79.9. The summed E-state index contributed by atoms with van der Waals surface area (Å²) >= 11 is 15.5. The Hall–Kier alpha value is -2.42. The fourth-order valence-electron chi connectivity index (χ4n) is 2.61. The summed E-state index contributed by atoms with van der Waals surface area (Å²) in [6.45, 7) is 5.75. The summed E-state index contributed by atoms with van der Waals surface area (Å²) in [4.78, 5) is 29.4. The van der Waals surface area contributed by atoms with E-state index in [2.05, 4.69) is 36.6 Å². The van der Waals surface area contributed by atoms with Crippen LogP contribution in [0.15, 0.2) is 41.1 Å². The van der Waals surface area contributed by atoms with Crippen molar-refractivity contribution < 1.29 is 9.59 Å². The van der Waals surface area contributed by atoms with Crippen LogP contribution >= 0.6 is 39.1 Å². The normalized spacial score (nSPS) is 10.1. The monoisotopic (exact) mass is 511 g/mol. The average molecular weight is 513 g/mol. The molecule has 0 atom stereocenters. The van der Waals surface area contributed by atoms with Gasteiger partial charge in [-0.15, -0.1) is 0 Å². The van der Waals surface area contributed by atoms with Gasteiger partial charge in [-0.1, -0.05) is 37.0 Å². The van der Waals surface area contributed by atoms with Crippen LogP contribution in [0.4, 0.5) is 5.69 Å². The van der Waals surface area contributed by atoms with Crippen molar-refractivity contribution in [3.8, 4) is 5.82 Å². The Labute approximate surface area is 192 Å². The van der Waals surface area contributed by atoms with Crippen LogP contribution in [0.25, 0.3) is 5.82 Å². The van der Waals surface area contributed by atoms with Crippen LogP contribution < -0.4 is 10.6 Å². The van der Waals surface area contributed by atoms with Gasteiger partial charge in [0.25, 0.3) is 11.8 Å². The molecular formula is C20H20BrCl2N5O2. The zero-order valence-electron chi connectivity index (χ0n) is 16.8. The predicted octanol–water partition coefficient (Wildman–Crippen LogP) is 5.28. The van der Waals surface area contributed by atoms with Gasteiger partial charge in [0.15, 0.2) is 5.82 Å². The summed E-state index contributed by atoms with van der Waals surface area (Å²) in [5, 5.41) is 10.3. The van der Waals surface area contributed by atoms with Gasteiger partial charge < -0.3 is 10.6 Å². The predicted molar refractivity (Wildman–Crippen MR) is 123 cm³/mol. The van der Waals surface area contributed by atoms with E-state index in [1.165, 1.54) is 23.9 Å². The first-order valence-electron chi connectivity index (χ1n) is 9.02. The molecule has 7 nitrogen and oxygen atoms in total. The maximum Gasteiger partial charge on any atom is 0.274 e. The second-order valence-electron chi connectivity index (χ2n) is 5.75. The second kappa shape index (κ2) is 10.6. The van der Waals surface area contributed by atoms with E-state index in [4.69, 9.17) is 23.2 Å². The molecule has 3 rings (SSSR count). The number of anilines is 1. The molecule has 0 fully saturated rings. The van der Waals surface area contributed by atoms with Gasteiger partial charge in [-0.25, -0.2) is 9.67 Å². The average Bonchev–Trinajstić information content (AvgIpc) is 3.12. The summed E-state index contributed by atoms with van der Waals surface area (Å²) in [5.74, 6) is -0.557. The maximum atomic E-state index is 13.0. The van der Waals surface area contributed by atoms with E-state index in [0.717, 1.165) is 0 Å². The van der Waals surface area contributed by atoms with Gasteiger partial charge >= 0.3 is 0 Å². The number of carbonyl (C=O) groups excluding carboxylic acids is 2. The van der Waals surface area contributed by atoms with Gasteiger partial charge in [-0.3, -0.25) is 9.59 Å². The maximum absolute atomic E-state index is 13.0. The topological polar surface area (TPSA) is 88.9 Å². The molecule has 158 valence electrons. The molecule has 30 heavy (non-hydrogen) atoms.